The van der Waals surface area contributed by atoms with Gasteiger partial charge in [-0.05, 0) is 54.9 Å². The molecule has 1 atom stereocenters. The number of benzene rings is 1. The molecule has 1 aliphatic heterocycles. The van der Waals surface area contributed by atoms with Crippen molar-refractivity contribution in [2.45, 2.75) is 85.6 Å². The van der Waals surface area contributed by atoms with Crippen LogP contribution in [0.3, 0.4) is 0 Å². The number of hydrogen-bond donors (Lipinski definition) is 0. The fourth-order valence-corrected chi connectivity index (χ4v) is 4.37. The Balaban J connectivity index is 2.57. The number of halogens is 1. The number of esters is 1. The molecule has 1 saturated heterocycles. The average molecular weight is 599 g/mol. The molecule has 0 aliphatic carbocycles. The highest BCUT2D eigenvalue weighted by Crippen LogP contribution is 2.41. The Labute approximate surface area is 245 Å². The Morgan fingerprint density at radius 3 is 2.07 bits per heavy atom. The summed E-state index contributed by atoms with van der Waals surface area (Å²) in [5, 5.41) is 12.3. The van der Waals surface area contributed by atoms with Crippen molar-refractivity contribution in [2.24, 2.45) is 0 Å². The first-order valence-corrected chi connectivity index (χ1v) is 13.9. The first kappa shape index (κ1) is 34.5. The quantitative estimate of drug-likeness (QED) is 0.167. The van der Waals surface area contributed by atoms with Crippen LogP contribution in [0.5, 0.6) is 5.75 Å². The number of carbonyl (C=O) groups excluding carboxylic acids is 3. The molecule has 0 aromatic heterocycles. The predicted molar refractivity (Wildman–Crippen MR) is 152 cm³/mol. The normalized spacial score (nSPS) is 15.0. The average Bonchev–Trinajstić information content (AvgIpc) is 2.86. The molecule has 0 radical (unpaired) electrons. The minimum Gasteiger partial charge on any atom is -0.493 e. The van der Waals surface area contributed by atoms with E-state index < -0.39 is 57.5 Å². The van der Waals surface area contributed by atoms with Gasteiger partial charge in [0.1, 0.15) is 28.7 Å². The molecule has 1 aromatic rings. The van der Waals surface area contributed by atoms with Gasteiger partial charge in [0.15, 0.2) is 0 Å². The molecule has 0 bridgehead atoms. The van der Waals surface area contributed by atoms with Crippen molar-refractivity contribution in [1.82, 2.24) is 9.80 Å². The molecule has 13 nitrogen and oxygen atoms in total. The number of carbonyl (C=O) groups is 3. The van der Waals surface area contributed by atoms with Crippen LogP contribution in [0, 0.1) is 15.9 Å². The van der Waals surface area contributed by atoms with Crippen molar-refractivity contribution in [1.29, 1.82) is 0 Å². The molecule has 1 aromatic carbocycles. The van der Waals surface area contributed by atoms with Crippen LogP contribution in [0.4, 0.5) is 25.4 Å². The number of ether oxygens (including phenoxy) is 4. The molecule has 0 N–H and O–H groups in total. The molecule has 1 fully saturated rings. The van der Waals surface area contributed by atoms with E-state index in [4.69, 9.17) is 18.9 Å². The molecule has 0 spiro atoms. The molecule has 236 valence electrons. The van der Waals surface area contributed by atoms with Gasteiger partial charge < -0.3 is 23.8 Å². The smallest absolute Gasteiger partial charge is 0.415 e. The van der Waals surface area contributed by atoms with Crippen LogP contribution in [-0.2, 0) is 25.5 Å². The number of methoxy groups -OCH3 is 1. The lowest BCUT2D eigenvalue weighted by Crippen LogP contribution is -2.49. The first-order chi connectivity index (χ1) is 19.4. The van der Waals surface area contributed by atoms with E-state index >= 15 is 4.39 Å². The zero-order valence-electron chi connectivity index (χ0n) is 25.9. The van der Waals surface area contributed by atoms with Crippen LogP contribution < -0.4 is 9.64 Å². The SMILES string of the molecule is CCOc1cc(N(C(=O)OC(C)(C)C)C(CC)C(=O)OC)c([N+](=O)[O-])c(F)c1CN1CCN(C(=O)OC(C)(C)C)CC1. The Morgan fingerprint density at radius 1 is 1.05 bits per heavy atom. The number of nitrogens with zero attached hydrogens (tertiary/aromatic N) is 4. The molecule has 42 heavy (non-hydrogen) atoms. The Morgan fingerprint density at radius 2 is 1.62 bits per heavy atom. The number of hydrogen-bond acceptors (Lipinski definition) is 10. The van der Waals surface area contributed by atoms with Crippen LogP contribution in [0.25, 0.3) is 0 Å². The van der Waals surface area contributed by atoms with Crippen molar-refractivity contribution >= 4 is 29.5 Å². The number of nitro groups is 1. The van der Waals surface area contributed by atoms with E-state index in [-0.39, 0.29) is 30.9 Å². The van der Waals surface area contributed by atoms with Crippen LogP contribution in [0.1, 0.15) is 67.4 Å². The third kappa shape index (κ3) is 8.91. The topological polar surface area (TPSA) is 141 Å². The fourth-order valence-electron chi connectivity index (χ4n) is 4.37. The lowest BCUT2D eigenvalue weighted by Gasteiger charge is -2.36. The third-order valence-electron chi connectivity index (χ3n) is 6.19. The maximum atomic E-state index is 16.2. The predicted octanol–water partition coefficient (Wildman–Crippen LogP) is 4.88. The molecule has 2 amide bonds. The largest absolute Gasteiger partial charge is 0.493 e. The van der Waals surface area contributed by atoms with Gasteiger partial charge in [-0.1, -0.05) is 6.92 Å². The maximum Gasteiger partial charge on any atom is 0.415 e. The highest BCUT2D eigenvalue weighted by atomic mass is 19.1. The van der Waals surface area contributed by atoms with Gasteiger partial charge >= 0.3 is 23.8 Å². The van der Waals surface area contributed by atoms with Gasteiger partial charge in [0.05, 0.1) is 24.2 Å². The van der Waals surface area contributed by atoms with Crippen molar-refractivity contribution in [2.75, 3.05) is 44.8 Å². The third-order valence-corrected chi connectivity index (χ3v) is 6.19. The number of nitro benzene ring substituents is 1. The van der Waals surface area contributed by atoms with Crippen molar-refractivity contribution < 1.29 is 42.6 Å². The standard InChI is InChI=1S/C28H43FN4O9/c1-10-19(24(34)39-9)32(26(36)42-28(6,7)8)20-16-21(40-11-2)18(22(29)23(20)33(37)38)17-30-12-14-31(15-13-30)25(35)41-27(3,4)5/h16,19H,10-15,17H2,1-9H3. The van der Waals surface area contributed by atoms with Crippen molar-refractivity contribution in [3.8, 4) is 5.75 Å². The Hall–Kier alpha value is -3.68. The molecule has 1 unspecified atom stereocenters. The van der Waals surface area contributed by atoms with Crippen LogP contribution in [0.15, 0.2) is 6.07 Å². The molecule has 2 rings (SSSR count). The highest BCUT2D eigenvalue weighted by Gasteiger charge is 2.41. The van der Waals surface area contributed by atoms with E-state index in [9.17, 15) is 24.5 Å². The first-order valence-electron chi connectivity index (χ1n) is 13.9. The van der Waals surface area contributed by atoms with Gasteiger partial charge in [0.25, 0.3) is 0 Å². The molecular formula is C28H43FN4O9. The van der Waals surface area contributed by atoms with Gasteiger partial charge in [-0.15, -0.1) is 0 Å². The summed E-state index contributed by atoms with van der Waals surface area (Å²) in [5.41, 5.74) is -3.27. The minimum absolute atomic E-state index is 0.00165. The van der Waals surface area contributed by atoms with Gasteiger partial charge in [0, 0.05) is 38.8 Å². The summed E-state index contributed by atoms with van der Waals surface area (Å²) in [4.78, 5) is 54.0. The lowest BCUT2D eigenvalue weighted by atomic mass is 10.1. The van der Waals surface area contributed by atoms with Crippen molar-refractivity contribution in [3.63, 3.8) is 0 Å². The summed E-state index contributed by atoms with van der Waals surface area (Å²) >= 11 is 0. The molecule has 1 heterocycles. The van der Waals surface area contributed by atoms with Crippen LogP contribution in [-0.4, -0.2) is 90.0 Å². The van der Waals surface area contributed by atoms with E-state index in [1.807, 2.05) is 4.90 Å². The molecule has 14 heteroatoms. The molecule has 1 aliphatic rings. The molecule has 0 saturated carbocycles. The summed E-state index contributed by atoms with van der Waals surface area (Å²) < 4.78 is 37.6. The van der Waals surface area contributed by atoms with E-state index in [2.05, 4.69) is 0 Å². The fraction of sp³-hybridized carbons (Fsp3) is 0.679. The van der Waals surface area contributed by atoms with Gasteiger partial charge in [-0.3, -0.25) is 19.9 Å². The summed E-state index contributed by atoms with van der Waals surface area (Å²) in [6.07, 6.45) is -1.55. The van der Waals surface area contributed by atoms with E-state index in [0.29, 0.717) is 26.2 Å². The Bertz CT molecular complexity index is 1160. The summed E-state index contributed by atoms with van der Waals surface area (Å²) in [5.74, 6) is -2.09. The second-order valence-corrected chi connectivity index (χ2v) is 11.8. The lowest BCUT2D eigenvalue weighted by molar-refractivity contribution is -0.386. The number of rotatable bonds is 9. The van der Waals surface area contributed by atoms with Gasteiger partial charge in [-0.25, -0.2) is 14.4 Å². The van der Waals surface area contributed by atoms with E-state index in [1.165, 1.54) is 6.07 Å². The minimum atomic E-state index is -1.34. The van der Waals surface area contributed by atoms with E-state index in [1.54, 1.807) is 60.3 Å². The van der Waals surface area contributed by atoms with Gasteiger partial charge in [-0.2, -0.15) is 4.39 Å². The summed E-state index contributed by atoms with van der Waals surface area (Å²) in [6.45, 7) is 14.7. The zero-order chi connectivity index (χ0) is 32.0. The van der Waals surface area contributed by atoms with Crippen molar-refractivity contribution in [3.05, 3.63) is 27.6 Å². The summed E-state index contributed by atoms with van der Waals surface area (Å²) in [7, 11) is 1.12. The maximum absolute atomic E-state index is 16.2. The zero-order valence-corrected chi connectivity index (χ0v) is 25.9. The second kappa shape index (κ2) is 14.0. The Kier molecular flexibility index (Phi) is 11.5. The number of piperazine rings is 1. The summed E-state index contributed by atoms with van der Waals surface area (Å²) in [6, 6.07) is -0.156. The number of amides is 2. The number of anilines is 1. The monoisotopic (exact) mass is 598 g/mol. The highest BCUT2D eigenvalue weighted by molar-refractivity contribution is 5.98. The van der Waals surface area contributed by atoms with E-state index in [0.717, 1.165) is 12.0 Å². The van der Waals surface area contributed by atoms with Crippen LogP contribution in [0.2, 0.25) is 0 Å². The molecular weight excluding hydrogens is 555 g/mol. The second-order valence-electron chi connectivity index (χ2n) is 11.8. The van der Waals surface area contributed by atoms with Gasteiger partial charge in [0.2, 0.25) is 5.82 Å². The van der Waals surface area contributed by atoms with Crippen LogP contribution >= 0.6 is 0 Å².